The molecule has 0 aromatic rings. The third-order valence-corrected chi connectivity index (χ3v) is 82.1. The van der Waals surface area contributed by atoms with Gasteiger partial charge >= 0.3 is 65.0 Å². The Bertz CT molecular complexity index is 794. The Labute approximate surface area is 65.1 Å². The third-order valence-electron chi connectivity index (χ3n) is 15.1. The van der Waals surface area contributed by atoms with Gasteiger partial charge in [-0.05, 0) is 0 Å². The van der Waals surface area contributed by atoms with Crippen molar-refractivity contribution in [3.63, 3.8) is 0 Å². The van der Waals surface area contributed by atoms with E-state index in [-0.39, 0.29) is 0 Å². The van der Waals surface area contributed by atoms with E-state index in [1.165, 1.54) is 40.6 Å². The Morgan fingerprint density at radius 1 is 0.846 bits per heavy atom. The molecule has 0 aromatic heterocycles. The fraction of sp³-hybridized carbons (Fsp3) is 0.833. The van der Waals surface area contributed by atoms with Crippen molar-refractivity contribution in [2.24, 2.45) is 0 Å². The van der Waals surface area contributed by atoms with Gasteiger partial charge in [0.25, 0.3) is 0 Å². The van der Waals surface area contributed by atoms with Crippen molar-refractivity contribution in [2.45, 2.75) is 44.6 Å². The van der Waals surface area contributed by atoms with Gasteiger partial charge in [0.2, 0.25) is 0 Å². The molecule has 10 heterocycles. The number of allylic oxidation sites excluding steroid dienone is 1. The van der Waals surface area contributed by atoms with Crippen LogP contribution in [0.15, 0.2) is 12.7 Å². The number of fused-ring (bicyclic) bond motifs is 10. The zero-order chi connectivity index (χ0) is 7.72. The van der Waals surface area contributed by atoms with Crippen LogP contribution in [0, 0.1) is 0 Å². The van der Waals surface area contributed by atoms with Gasteiger partial charge in [-0.1, -0.05) is 0 Å². The molecule has 10 rings (SSSR count). The summed E-state index contributed by atoms with van der Waals surface area (Å²) < 4.78 is 14.5. The molecular formula is C12H12Ru. The molecule has 0 radical (unpaired) electrons. The summed E-state index contributed by atoms with van der Waals surface area (Å²) in [6.07, 6.45) is 2.57. The molecular weight excluding hydrogens is 245 g/mol. The predicted molar refractivity (Wildman–Crippen MR) is 46.6 cm³/mol. The predicted octanol–water partition coefficient (Wildman–Crippen LogP) is 3.93. The SMILES string of the molecule is C=C[C]12[CH]3[CH]4[CH]5[CH]1[Ru]45321678[CH]2[CH]1[CH]6[CH]7[CH]28. The first-order valence-corrected chi connectivity index (χ1v) is 15.9. The minimum absolute atomic E-state index is 1.02. The zero-order valence-electron chi connectivity index (χ0n) is 7.33. The van der Waals surface area contributed by atoms with E-state index in [1.54, 1.807) is 0 Å². The molecule has 1 heteroatoms. The van der Waals surface area contributed by atoms with Crippen molar-refractivity contribution in [1.29, 1.82) is 0 Å². The van der Waals surface area contributed by atoms with E-state index < -0.39 is 7.72 Å². The van der Waals surface area contributed by atoms with Crippen molar-refractivity contribution in [1.82, 2.24) is 0 Å². The quantitative estimate of drug-likeness (QED) is 0.493. The summed E-state index contributed by atoms with van der Waals surface area (Å²) in [5, 5.41) is 0. The molecule has 0 amide bonds. The first kappa shape index (κ1) is 4.08. The minimum atomic E-state index is -2.88. The molecule has 0 aliphatic carbocycles. The molecule has 68 valence electrons. The molecule has 0 aromatic carbocycles. The van der Waals surface area contributed by atoms with E-state index in [4.69, 9.17) is 0 Å². The van der Waals surface area contributed by atoms with Crippen molar-refractivity contribution < 1.29 is 7.72 Å². The van der Waals surface area contributed by atoms with E-state index >= 15 is 0 Å². The summed E-state index contributed by atoms with van der Waals surface area (Å²) in [6.45, 7) is 4.29. The van der Waals surface area contributed by atoms with Crippen LogP contribution in [0.25, 0.3) is 0 Å². The van der Waals surface area contributed by atoms with Gasteiger partial charge in [-0.2, -0.15) is 0 Å². The van der Waals surface area contributed by atoms with E-state index in [0.29, 0.717) is 0 Å². The second-order valence-corrected chi connectivity index (χ2v) is 47.1. The number of hydrogen-bond acceptors (Lipinski definition) is 0. The number of hydrogen-bond donors (Lipinski definition) is 0. The topological polar surface area (TPSA) is 0 Å². The van der Waals surface area contributed by atoms with Crippen molar-refractivity contribution in [2.75, 3.05) is 0 Å². The van der Waals surface area contributed by atoms with Crippen LogP contribution in [0.3, 0.4) is 0 Å². The Hall–Kier alpha value is 0.363. The Kier molecular flexibility index (Phi) is 0.0796. The van der Waals surface area contributed by atoms with Gasteiger partial charge in [-0.15, -0.1) is 0 Å². The number of rotatable bonds is 1. The van der Waals surface area contributed by atoms with Gasteiger partial charge in [0, 0.05) is 0 Å². The Morgan fingerprint density at radius 2 is 1.31 bits per heavy atom. The average molecular weight is 257 g/mol. The molecule has 10 fully saturated rings. The van der Waals surface area contributed by atoms with Crippen LogP contribution in [0.1, 0.15) is 0 Å². The maximum absolute atomic E-state index is 4.29. The van der Waals surface area contributed by atoms with E-state index in [0.717, 1.165) is 4.01 Å². The van der Waals surface area contributed by atoms with Gasteiger partial charge in [0.15, 0.2) is 0 Å². The zero-order valence-corrected chi connectivity index (χ0v) is 9.07. The fourth-order valence-corrected chi connectivity index (χ4v) is 150. The van der Waals surface area contributed by atoms with Gasteiger partial charge in [0.1, 0.15) is 0 Å². The van der Waals surface area contributed by atoms with Crippen LogP contribution in [0.5, 0.6) is 0 Å². The molecule has 4 unspecified atom stereocenters. The standard InChI is InChI=1S/C7H7.C5H5.Ru/c1-2-7-5-3-4-6-7;1-2-4-5-3-1;/h2-6H,1H2;1-5H;. The van der Waals surface area contributed by atoms with Gasteiger partial charge < -0.3 is 0 Å². The van der Waals surface area contributed by atoms with Crippen LogP contribution < -0.4 is 0 Å². The molecule has 10 aliphatic heterocycles. The molecule has 10 aliphatic rings. The maximum atomic E-state index is 4.29. The van der Waals surface area contributed by atoms with E-state index in [2.05, 4.69) is 12.7 Å². The third kappa shape index (κ3) is 0.0284. The van der Waals surface area contributed by atoms with Crippen LogP contribution in [-0.2, 0) is 7.72 Å². The average Bonchev–Trinajstić information content (AvgIpc) is 3.12. The Morgan fingerprint density at radius 3 is 1.38 bits per heavy atom. The molecule has 10 saturated heterocycles. The molecule has 13 heavy (non-hydrogen) atoms. The molecule has 0 bridgehead atoms. The molecule has 0 nitrogen and oxygen atoms in total. The second kappa shape index (κ2) is 0.253. The summed E-state index contributed by atoms with van der Waals surface area (Å²) in [6, 6.07) is 0. The van der Waals surface area contributed by atoms with Crippen LogP contribution in [0.4, 0.5) is 0 Å². The van der Waals surface area contributed by atoms with Gasteiger partial charge in [0.05, 0.1) is 0 Å². The molecule has 0 saturated carbocycles. The van der Waals surface area contributed by atoms with Crippen molar-refractivity contribution in [3.8, 4) is 0 Å². The molecule has 0 N–H and O–H groups in total. The van der Waals surface area contributed by atoms with Crippen molar-refractivity contribution in [3.05, 3.63) is 12.7 Å². The monoisotopic (exact) mass is 258 g/mol. The fourth-order valence-electron chi connectivity index (χ4n) is 16.9. The van der Waals surface area contributed by atoms with Gasteiger partial charge in [-0.25, -0.2) is 0 Å². The van der Waals surface area contributed by atoms with Crippen molar-refractivity contribution >= 4 is 0 Å². The summed E-state index contributed by atoms with van der Waals surface area (Å²) >= 11 is 0. The van der Waals surface area contributed by atoms with E-state index in [9.17, 15) is 0 Å². The Balaban J connectivity index is 2.14. The van der Waals surface area contributed by atoms with E-state index in [1.807, 2.05) is 0 Å². The summed E-state index contributed by atoms with van der Waals surface area (Å²) in [7, 11) is -2.88. The summed E-state index contributed by atoms with van der Waals surface area (Å²) in [5.41, 5.74) is 0. The summed E-state index contributed by atoms with van der Waals surface area (Å²) in [4.78, 5) is 0. The summed E-state index contributed by atoms with van der Waals surface area (Å²) in [5.74, 6) is 0. The van der Waals surface area contributed by atoms with Crippen LogP contribution >= 0.6 is 0 Å². The molecule has 1 spiro atoms. The first-order valence-electron chi connectivity index (χ1n) is 5.95. The first-order chi connectivity index (χ1) is 6.11. The second-order valence-electron chi connectivity index (χ2n) is 9.94. The normalized spacial score (nSPS) is 152. The molecule has 4 atom stereocenters. The van der Waals surface area contributed by atoms with Gasteiger partial charge in [-0.3, -0.25) is 0 Å². The van der Waals surface area contributed by atoms with Crippen LogP contribution in [0.2, 0.25) is 44.6 Å². The van der Waals surface area contributed by atoms with Crippen LogP contribution in [-0.4, -0.2) is 0 Å².